The van der Waals surface area contributed by atoms with Gasteiger partial charge in [0.05, 0.1) is 6.04 Å². The number of nitrogens with zero attached hydrogens (tertiary/aromatic N) is 1. The van der Waals surface area contributed by atoms with Crippen molar-refractivity contribution in [3.05, 3.63) is 0 Å². The zero-order valence-electron chi connectivity index (χ0n) is 12.7. The Hall–Kier alpha value is -1.46. The summed E-state index contributed by atoms with van der Waals surface area (Å²) in [5.41, 5.74) is 0. The van der Waals surface area contributed by atoms with Crippen LogP contribution in [0.15, 0.2) is 4.99 Å². The molecule has 0 radical (unpaired) electrons. The second-order valence-corrected chi connectivity index (χ2v) is 5.22. The van der Waals surface area contributed by atoms with E-state index in [1.165, 1.54) is 6.92 Å². The lowest BCUT2D eigenvalue weighted by molar-refractivity contribution is -0.413. The minimum Gasteiger partial charge on any atom is -0.211 e. The molecule has 1 unspecified atom stereocenters. The Morgan fingerprint density at radius 3 is 1.65 bits per heavy atom. The molecule has 0 saturated carbocycles. The molecule has 0 spiro atoms. The summed E-state index contributed by atoms with van der Waals surface area (Å²) in [4.78, 5) is 12.6. The zero-order chi connectivity index (χ0) is 21.2. The monoisotopic (exact) mass is 413 g/mol. The highest BCUT2D eigenvalue weighted by atomic mass is 19.4. The first-order chi connectivity index (χ1) is 11.4. The largest absolute Gasteiger partial charge is 0.384 e. The van der Waals surface area contributed by atoms with Crippen molar-refractivity contribution in [2.45, 2.75) is 68.3 Å². The first kappa shape index (κ1) is 24.5. The van der Waals surface area contributed by atoms with E-state index >= 15 is 0 Å². The Bertz CT molecular complexity index is 526. The number of hydrogen-bond acceptors (Lipinski definition) is 2. The van der Waals surface area contributed by atoms with Crippen LogP contribution in [0.3, 0.4) is 0 Å². The fourth-order valence-electron chi connectivity index (χ4n) is 1.82. The fraction of sp³-hybridized carbons (Fsp3) is 0.917. The zero-order valence-corrected chi connectivity index (χ0v) is 12.7. The molecule has 0 saturated heterocycles. The molecular formula is C12H11F12NO. The maximum Gasteiger partial charge on any atom is 0.384 e. The van der Waals surface area contributed by atoms with Gasteiger partial charge in [-0.3, -0.25) is 0 Å². The van der Waals surface area contributed by atoms with Gasteiger partial charge >= 0.3 is 36.0 Å². The molecule has 26 heavy (non-hydrogen) atoms. The van der Waals surface area contributed by atoms with Gasteiger partial charge in [-0.15, -0.1) is 0 Å². The molecule has 154 valence electrons. The standard InChI is InChI=1S/C12H11F12NO/c1-2-3-6(25-5-26)4-8(15,16)10(19,20)12(23,24)11(21,22)9(17,18)7(13)14/h6-7H,2-4H2,1H3. The molecular weight excluding hydrogens is 402 g/mol. The molecule has 0 bridgehead atoms. The SMILES string of the molecule is CCCC(CC(F)(F)C(F)(F)C(F)(F)C(F)(F)C(F)(F)C(F)F)N=C=O. The van der Waals surface area contributed by atoms with Gasteiger partial charge in [-0.05, 0) is 6.42 Å². The third kappa shape index (κ3) is 3.94. The summed E-state index contributed by atoms with van der Waals surface area (Å²) in [7, 11) is 0. The summed E-state index contributed by atoms with van der Waals surface area (Å²) in [6, 6.07) is -2.07. The molecule has 0 fully saturated rings. The predicted molar refractivity (Wildman–Crippen MR) is 62.2 cm³/mol. The summed E-state index contributed by atoms with van der Waals surface area (Å²) >= 11 is 0. The van der Waals surface area contributed by atoms with E-state index in [1.807, 2.05) is 0 Å². The molecule has 0 aromatic heterocycles. The van der Waals surface area contributed by atoms with Crippen LogP contribution in [0.2, 0.25) is 0 Å². The van der Waals surface area contributed by atoms with E-state index in [9.17, 15) is 57.5 Å². The lowest BCUT2D eigenvalue weighted by Crippen LogP contribution is -2.68. The van der Waals surface area contributed by atoms with E-state index in [4.69, 9.17) is 0 Å². The van der Waals surface area contributed by atoms with E-state index in [1.54, 1.807) is 0 Å². The Balaban J connectivity index is 6.05. The smallest absolute Gasteiger partial charge is 0.211 e. The maximum atomic E-state index is 13.5. The third-order valence-electron chi connectivity index (χ3n) is 3.29. The Morgan fingerprint density at radius 2 is 1.31 bits per heavy atom. The van der Waals surface area contributed by atoms with Gasteiger partial charge in [0.15, 0.2) is 0 Å². The van der Waals surface area contributed by atoms with Crippen LogP contribution >= 0.6 is 0 Å². The van der Waals surface area contributed by atoms with Crippen molar-refractivity contribution in [2.24, 2.45) is 4.99 Å². The molecule has 0 aliphatic carbocycles. The van der Waals surface area contributed by atoms with Gasteiger partial charge in [-0.25, -0.2) is 18.6 Å². The number of isocyanates is 1. The molecule has 0 aliphatic heterocycles. The molecule has 0 rings (SSSR count). The fourth-order valence-corrected chi connectivity index (χ4v) is 1.82. The maximum absolute atomic E-state index is 13.5. The van der Waals surface area contributed by atoms with Gasteiger partial charge in [-0.2, -0.15) is 43.9 Å². The van der Waals surface area contributed by atoms with Crippen molar-refractivity contribution in [3.63, 3.8) is 0 Å². The summed E-state index contributed by atoms with van der Waals surface area (Å²) in [6.07, 6.45) is -7.92. The number of rotatable bonds is 10. The minimum atomic E-state index is -7.56. The van der Waals surface area contributed by atoms with Gasteiger partial charge in [0, 0.05) is 6.42 Å². The highest BCUT2D eigenvalue weighted by Gasteiger charge is 2.87. The Labute approximate surface area is 138 Å². The number of hydrogen-bond donors (Lipinski definition) is 0. The summed E-state index contributed by atoms with van der Waals surface area (Å²) < 4.78 is 155. The molecule has 0 aromatic rings. The Kier molecular flexibility index (Phi) is 7.22. The Morgan fingerprint density at radius 1 is 0.846 bits per heavy atom. The summed E-state index contributed by atoms with van der Waals surface area (Å²) in [5.74, 6) is -35.4. The first-order valence-electron chi connectivity index (χ1n) is 6.68. The second kappa shape index (κ2) is 7.65. The summed E-state index contributed by atoms with van der Waals surface area (Å²) in [6.45, 7) is 1.27. The first-order valence-corrected chi connectivity index (χ1v) is 6.68. The lowest BCUT2D eigenvalue weighted by Gasteiger charge is -2.39. The molecule has 0 amide bonds. The number of halogens is 12. The lowest BCUT2D eigenvalue weighted by atomic mass is 9.90. The number of alkyl halides is 12. The van der Waals surface area contributed by atoms with Gasteiger partial charge < -0.3 is 0 Å². The van der Waals surface area contributed by atoms with E-state index in [0.717, 1.165) is 0 Å². The van der Waals surface area contributed by atoms with Crippen LogP contribution in [-0.2, 0) is 4.79 Å². The molecule has 0 heterocycles. The van der Waals surface area contributed by atoms with Gasteiger partial charge in [-0.1, -0.05) is 13.3 Å². The molecule has 0 aromatic carbocycles. The molecule has 14 heteroatoms. The highest BCUT2D eigenvalue weighted by Crippen LogP contribution is 2.58. The number of aliphatic imine (C=N–C) groups is 1. The van der Waals surface area contributed by atoms with E-state index in [2.05, 4.69) is 4.99 Å². The van der Waals surface area contributed by atoms with Crippen LogP contribution in [0.4, 0.5) is 52.7 Å². The van der Waals surface area contributed by atoms with Crippen molar-refractivity contribution < 1.29 is 57.5 Å². The van der Waals surface area contributed by atoms with Crippen molar-refractivity contribution in [1.29, 1.82) is 0 Å². The minimum absolute atomic E-state index is 0.0898. The van der Waals surface area contributed by atoms with Crippen LogP contribution in [-0.4, -0.2) is 48.2 Å². The van der Waals surface area contributed by atoms with Crippen LogP contribution in [0.5, 0.6) is 0 Å². The molecule has 0 aliphatic rings. The average molecular weight is 413 g/mol. The molecule has 0 N–H and O–H groups in total. The quantitative estimate of drug-likeness (QED) is 0.271. The van der Waals surface area contributed by atoms with E-state index in [0.29, 0.717) is 6.08 Å². The van der Waals surface area contributed by atoms with Crippen LogP contribution < -0.4 is 0 Å². The van der Waals surface area contributed by atoms with Crippen molar-refractivity contribution >= 4 is 6.08 Å². The molecule has 1 atom stereocenters. The highest BCUT2D eigenvalue weighted by molar-refractivity contribution is 5.33. The van der Waals surface area contributed by atoms with Crippen molar-refractivity contribution in [3.8, 4) is 0 Å². The predicted octanol–water partition coefficient (Wildman–Crippen LogP) is 5.32. The third-order valence-corrected chi connectivity index (χ3v) is 3.29. The van der Waals surface area contributed by atoms with E-state index in [-0.39, 0.29) is 6.42 Å². The van der Waals surface area contributed by atoms with Gasteiger partial charge in [0.1, 0.15) is 0 Å². The number of carbonyl (C=O) groups excluding carboxylic acids is 1. The van der Waals surface area contributed by atoms with Crippen molar-refractivity contribution in [2.75, 3.05) is 0 Å². The topological polar surface area (TPSA) is 29.4 Å². The van der Waals surface area contributed by atoms with Crippen LogP contribution in [0.25, 0.3) is 0 Å². The normalized spacial score (nSPS) is 15.8. The average Bonchev–Trinajstić information content (AvgIpc) is 2.46. The van der Waals surface area contributed by atoms with E-state index < -0.39 is 54.9 Å². The van der Waals surface area contributed by atoms with Crippen molar-refractivity contribution in [1.82, 2.24) is 0 Å². The van der Waals surface area contributed by atoms with Gasteiger partial charge in [0.2, 0.25) is 6.08 Å². The molecule has 2 nitrogen and oxygen atoms in total. The summed E-state index contributed by atoms with van der Waals surface area (Å²) in [5, 5.41) is 0. The van der Waals surface area contributed by atoms with Gasteiger partial charge in [0.25, 0.3) is 0 Å². The van der Waals surface area contributed by atoms with Crippen LogP contribution in [0.1, 0.15) is 26.2 Å². The van der Waals surface area contributed by atoms with Crippen LogP contribution in [0, 0.1) is 0 Å². The second-order valence-electron chi connectivity index (χ2n) is 5.22.